The van der Waals surface area contributed by atoms with Crippen molar-refractivity contribution in [3.05, 3.63) is 156 Å². The van der Waals surface area contributed by atoms with Gasteiger partial charge in [-0.1, -0.05) is 133 Å². The molecule has 0 aliphatic heterocycles. The van der Waals surface area contributed by atoms with Crippen LogP contribution in [-0.2, 0) is 0 Å². The molecule has 0 N–H and O–H groups in total. The molecule has 0 aliphatic rings. The summed E-state index contributed by atoms with van der Waals surface area (Å²) in [4.78, 5) is 0. The Hall–Kier alpha value is -4.94. The van der Waals surface area contributed by atoms with Crippen LogP contribution in [0.2, 0.25) is 0 Å². The van der Waals surface area contributed by atoms with Crippen LogP contribution in [-0.4, -0.2) is 0 Å². The third-order valence-electron chi connectivity index (χ3n) is 9.01. The average Bonchev–Trinajstić information content (AvgIpc) is 3.01. The van der Waals surface area contributed by atoms with E-state index in [0.717, 1.165) is 0 Å². The summed E-state index contributed by atoms with van der Waals surface area (Å²) in [5.41, 5.74) is 15.6. The van der Waals surface area contributed by atoms with Crippen molar-refractivity contribution in [3.63, 3.8) is 0 Å². The summed E-state index contributed by atoms with van der Waals surface area (Å²) in [6.45, 7) is 8.97. The molecule has 0 unspecified atom stereocenters. The normalized spacial score (nSPS) is 11.3. The zero-order chi connectivity index (χ0) is 28.8. The summed E-state index contributed by atoms with van der Waals surface area (Å²) in [6.07, 6.45) is 0. The van der Waals surface area contributed by atoms with Crippen molar-refractivity contribution in [3.8, 4) is 44.5 Å². The lowest BCUT2D eigenvalue weighted by atomic mass is 9.82. The van der Waals surface area contributed by atoms with E-state index in [9.17, 15) is 0 Å². The molecule has 0 bridgehead atoms. The molecule has 0 spiro atoms. The van der Waals surface area contributed by atoms with Gasteiger partial charge in [0.15, 0.2) is 0 Å². The number of rotatable bonds is 4. The van der Waals surface area contributed by atoms with Crippen LogP contribution in [0.1, 0.15) is 22.3 Å². The molecule has 42 heavy (non-hydrogen) atoms. The van der Waals surface area contributed by atoms with Gasteiger partial charge in [0.05, 0.1) is 0 Å². The van der Waals surface area contributed by atoms with Gasteiger partial charge in [-0.3, -0.25) is 0 Å². The monoisotopic (exact) mass is 538 g/mol. The maximum atomic E-state index is 2.31. The van der Waals surface area contributed by atoms with E-state index in [1.807, 2.05) is 0 Å². The quantitative estimate of drug-likeness (QED) is 0.196. The van der Waals surface area contributed by atoms with Gasteiger partial charge in [0, 0.05) is 0 Å². The van der Waals surface area contributed by atoms with Crippen LogP contribution in [0.5, 0.6) is 0 Å². The fourth-order valence-electron chi connectivity index (χ4n) is 6.86. The van der Waals surface area contributed by atoms with Crippen LogP contribution in [0.25, 0.3) is 66.1 Å². The highest BCUT2D eigenvalue weighted by Crippen LogP contribution is 2.47. The summed E-state index contributed by atoms with van der Waals surface area (Å²) >= 11 is 0. The Bertz CT molecular complexity index is 1920. The molecule has 0 heterocycles. The zero-order valence-electron chi connectivity index (χ0n) is 24.7. The smallest absolute Gasteiger partial charge is 0.00235 e. The van der Waals surface area contributed by atoms with Gasteiger partial charge in [-0.05, 0) is 116 Å². The molecular weight excluding hydrogens is 504 g/mol. The number of hydrogen-bond acceptors (Lipinski definition) is 0. The predicted octanol–water partition coefficient (Wildman–Crippen LogP) is 11.9. The lowest BCUT2D eigenvalue weighted by Gasteiger charge is -2.22. The van der Waals surface area contributed by atoms with E-state index < -0.39 is 0 Å². The summed E-state index contributed by atoms with van der Waals surface area (Å²) < 4.78 is 0. The maximum Gasteiger partial charge on any atom is -0.00235 e. The minimum absolute atomic E-state index is 1.29. The molecule has 7 rings (SSSR count). The lowest BCUT2D eigenvalue weighted by Crippen LogP contribution is -1.96. The molecule has 0 radical (unpaired) electrons. The van der Waals surface area contributed by atoms with Gasteiger partial charge in [-0.15, -0.1) is 0 Å². The minimum atomic E-state index is 1.29. The Morgan fingerprint density at radius 3 is 0.905 bits per heavy atom. The second-order valence-corrected chi connectivity index (χ2v) is 11.4. The van der Waals surface area contributed by atoms with Crippen molar-refractivity contribution >= 4 is 21.5 Å². The second-order valence-electron chi connectivity index (χ2n) is 11.4. The van der Waals surface area contributed by atoms with Gasteiger partial charge in [0.25, 0.3) is 0 Å². The molecular formula is C42H34. The lowest BCUT2D eigenvalue weighted by molar-refractivity contribution is 1.41. The first-order chi connectivity index (χ1) is 20.5. The Labute approximate surface area is 248 Å². The topological polar surface area (TPSA) is 0 Å². The Kier molecular flexibility index (Phi) is 6.48. The van der Waals surface area contributed by atoms with Crippen LogP contribution in [0.15, 0.2) is 133 Å². The summed E-state index contributed by atoms with van der Waals surface area (Å²) in [5, 5.41) is 5.16. The molecule has 7 aromatic rings. The molecule has 0 nitrogen and oxygen atoms in total. The summed E-state index contributed by atoms with van der Waals surface area (Å²) in [7, 11) is 0. The van der Waals surface area contributed by atoms with Crippen molar-refractivity contribution in [1.29, 1.82) is 0 Å². The molecule has 0 fully saturated rings. The van der Waals surface area contributed by atoms with Gasteiger partial charge in [0.1, 0.15) is 0 Å². The third kappa shape index (κ3) is 4.14. The Morgan fingerprint density at radius 2 is 0.548 bits per heavy atom. The van der Waals surface area contributed by atoms with E-state index >= 15 is 0 Å². The van der Waals surface area contributed by atoms with Gasteiger partial charge < -0.3 is 0 Å². The van der Waals surface area contributed by atoms with Gasteiger partial charge in [-0.25, -0.2) is 0 Å². The van der Waals surface area contributed by atoms with Crippen molar-refractivity contribution in [2.45, 2.75) is 27.7 Å². The summed E-state index contributed by atoms with van der Waals surface area (Å²) in [5.74, 6) is 0. The SMILES string of the molecule is Cc1ccccc1-c1cccc(-c2c3ccccc3c(-c3cccc(-c4ccccc4C)c3C)c3ccccc23)c1C. The molecule has 0 aliphatic carbocycles. The number of hydrogen-bond donors (Lipinski definition) is 0. The fraction of sp³-hybridized carbons (Fsp3) is 0.0952. The van der Waals surface area contributed by atoms with Crippen molar-refractivity contribution in [2.24, 2.45) is 0 Å². The van der Waals surface area contributed by atoms with E-state index in [4.69, 9.17) is 0 Å². The minimum Gasteiger partial charge on any atom is -0.0620 e. The van der Waals surface area contributed by atoms with E-state index in [-0.39, 0.29) is 0 Å². The molecule has 202 valence electrons. The first-order valence-corrected chi connectivity index (χ1v) is 14.8. The highest BCUT2D eigenvalue weighted by molar-refractivity contribution is 6.22. The van der Waals surface area contributed by atoms with Crippen LogP contribution >= 0.6 is 0 Å². The zero-order valence-corrected chi connectivity index (χ0v) is 24.7. The van der Waals surface area contributed by atoms with Crippen molar-refractivity contribution in [2.75, 3.05) is 0 Å². The molecule has 7 aromatic carbocycles. The van der Waals surface area contributed by atoms with Crippen molar-refractivity contribution in [1.82, 2.24) is 0 Å². The van der Waals surface area contributed by atoms with Gasteiger partial charge in [-0.2, -0.15) is 0 Å². The number of fused-ring (bicyclic) bond motifs is 2. The third-order valence-corrected chi connectivity index (χ3v) is 9.01. The number of benzene rings is 7. The van der Waals surface area contributed by atoms with E-state index in [1.165, 1.54) is 88.3 Å². The molecule has 0 aromatic heterocycles. The molecule has 0 heteroatoms. The molecule has 0 saturated heterocycles. The highest BCUT2D eigenvalue weighted by atomic mass is 14.2. The van der Waals surface area contributed by atoms with Crippen LogP contribution in [0.3, 0.4) is 0 Å². The Morgan fingerprint density at radius 1 is 0.262 bits per heavy atom. The first-order valence-electron chi connectivity index (χ1n) is 14.8. The maximum absolute atomic E-state index is 2.31. The van der Waals surface area contributed by atoms with E-state index in [1.54, 1.807) is 0 Å². The van der Waals surface area contributed by atoms with Crippen LogP contribution in [0, 0.1) is 27.7 Å². The second kappa shape index (κ2) is 10.5. The fourth-order valence-corrected chi connectivity index (χ4v) is 6.86. The first kappa shape index (κ1) is 26.0. The Balaban J connectivity index is 1.56. The van der Waals surface area contributed by atoms with Gasteiger partial charge >= 0.3 is 0 Å². The molecule has 0 atom stereocenters. The predicted molar refractivity (Wildman–Crippen MR) is 182 cm³/mol. The van der Waals surface area contributed by atoms with Crippen LogP contribution < -0.4 is 0 Å². The summed E-state index contributed by atoms with van der Waals surface area (Å²) in [6, 6.07) is 48.9. The average molecular weight is 539 g/mol. The van der Waals surface area contributed by atoms with E-state index in [0.29, 0.717) is 0 Å². The van der Waals surface area contributed by atoms with E-state index in [2.05, 4.69) is 161 Å². The van der Waals surface area contributed by atoms with Gasteiger partial charge in [0.2, 0.25) is 0 Å². The molecule has 0 saturated carbocycles. The largest absolute Gasteiger partial charge is 0.0620 e. The highest BCUT2D eigenvalue weighted by Gasteiger charge is 2.20. The standard InChI is InChI=1S/C42H34/c1-27-15-5-7-17-31(27)33-23-13-25-35(29(33)3)41-37-19-9-11-21-39(37)42(40-22-12-10-20-38(40)41)36-26-14-24-34(30(36)4)32-18-8-6-16-28(32)2/h5-26H,1-4H3. The number of aryl methyl sites for hydroxylation is 2. The van der Waals surface area contributed by atoms with Crippen LogP contribution in [0.4, 0.5) is 0 Å². The molecule has 0 amide bonds. The van der Waals surface area contributed by atoms with Crippen molar-refractivity contribution < 1.29 is 0 Å².